The van der Waals surface area contributed by atoms with Gasteiger partial charge < -0.3 is 15.5 Å². The Morgan fingerprint density at radius 1 is 1.32 bits per heavy atom. The summed E-state index contributed by atoms with van der Waals surface area (Å²) in [6.07, 6.45) is -2.96. The van der Waals surface area contributed by atoms with Crippen LogP contribution < -0.4 is 5.73 Å². The van der Waals surface area contributed by atoms with Crippen molar-refractivity contribution in [3.63, 3.8) is 0 Å². The van der Waals surface area contributed by atoms with Gasteiger partial charge >= 0.3 is 6.18 Å². The Morgan fingerprint density at radius 3 is 2.75 bits per heavy atom. The molecule has 0 radical (unpaired) electrons. The van der Waals surface area contributed by atoms with Crippen molar-refractivity contribution in [2.75, 3.05) is 13.1 Å². The fraction of sp³-hybridized carbons (Fsp3) is 0.688. The van der Waals surface area contributed by atoms with Gasteiger partial charge in [0.05, 0.1) is 19.2 Å². The number of hydrogen-bond donors (Lipinski definition) is 1. The van der Waals surface area contributed by atoms with Crippen molar-refractivity contribution in [1.82, 2.24) is 24.6 Å². The van der Waals surface area contributed by atoms with Crippen LogP contribution in [-0.2, 0) is 28.9 Å². The number of rotatable bonds is 4. The van der Waals surface area contributed by atoms with Gasteiger partial charge in [-0.3, -0.25) is 9.59 Å². The Morgan fingerprint density at radius 2 is 2.07 bits per heavy atom. The van der Waals surface area contributed by atoms with Gasteiger partial charge in [0, 0.05) is 25.9 Å². The fourth-order valence-electron chi connectivity index (χ4n) is 3.45. The maximum atomic E-state index is 12.7. The SMILES string of the molecule is N#C[C@@H]1CCCN1C(=O)[C@@H]([NH3+])CCC(=O)N1CCn2nc(C(F)(F)F)nc2C1. The van der Waals surface area contributed by atoms with Crippen molar-refractivity contribution in [2.45, 2.75) is 57.0 Å². The first-order valence-electron chi connectivity index (χ1n) is 9.02. The summed E-state index contributed by atoms with van der Waals surface area (Å²) in [7, 11) is 0. The number of nitriles is 1. The molecule has 0 bridgehead atoms. The molecule has 0 unspecified atom stereocenters. The second-order valence-electron chi connectivity index (χ2n) is 6.94. The van der Waals surface area contributed by atoms with Crippen LogP contribution in [-0.4, -0.2) is 61.6 Å². The van der Waals surface area contributed by atoms with E-state index in [1.807, 2.05) is 0 Å². The van der Waals surface area contributed by atoms with Crippen LogP contribution in [0.25, 0.3) is 0 Å². The Bertz CT molecular complexity index is 801. The number of quaternary nitrogens is 1. The van der Waals surface area contributed by atoms with Gasteiger partial charge in [-0.15, -0.1) is 5.10 Å². The van der Waals surface area contributed by atoms with Crippen molar-refractivity contribution in [3.8, 4) is 6.07 Å². The molecule has 1 saturated heterocycles. The summed E-state index contributed by atoms with van der Waals surface area (Å²) < 4.78 is 39.3. The summed E-state index contributed by atoms with van der Waals surface area (Å²) in [6.45, 7) is 0.819. The predicted octanol–water partition coefficient (Wildman–Crippen LogP) is -0.456. The molecule has 28 heavy (non-hydrogen) atoms. The molecule has 3 N–H and O–H groups in total. The van der Waals surface area contributed by atoms with E-state index in [9.17, 15) is 22.8 Å². The Labute approximate surface area is 158 Å². The van der Waals surface area contributed by atoms with Gasteiger partial charge in [-0.2, -0.15) is 18.4 Å². The lowest BCUT2D eigenvalue weighted by Gasteiger charge is -2.27. The number of hydrogen-bond acceptors (Lipinski definition) is 5. The molecule has 2 amide bonds. The van der Waals surface area contributed by atoms with Gasteiger partial charge in [0.2, 0.25) is 5.91 Å². The first kappa shape index (κ1) is 20.1. The minimum atomic E-state index is -4.63. The largest absolute Gasteiger partial charge is 0.453 e. The molecule has 0 spiro atoms. The molecule has 2 aliphatic heterocycles. The molecular formula is C16H21F3N7O2+. The third-order valence-corrected chi connectivity index (χ3v) is 5.01. The highest BCUT2D eigenvalue weighted by Crippen LogP contribution is 2.27. The van der Waals surface area contributed by atoms with E-state index in [1.54, 1.807) is 0 Å². The molecule has 0 aromatic carbocycles. The van der Waals surface area contributed by atoms with Crippen LogP contribution >= 0.6 is 0 Å². The van der Waals surface area contributed by atoms with Crippen molar-refractivity contribution >= 4 is 11.8 Å². The standard InChI is InChI=1S/C16H20F3N7O2/c17-16(18,19)15-22-12-9-24(6-7-26(12)23-15)13(27)4-3-11(21)14(28)25-5-1-2-10(25)8-20/h10-11H,1-7,9,21H2/p+1/t10-,11-/m0/s1. The Hall–Kier alpha value is -2.68. The van der Waals surface area contributed by atoms with Crippen LogP contribution in [0.4, 0.5) is 13.2 Å². The quantitative estimate of drug-likeness (QED) is 0.733. The van der Waals surface area contributed by atoms with Crippen molar-refractivity contribution in [2.24, 2.45) is 0 Å². The molecule has 2 aliphatic rings. The molecule has 9 nitrogen and oxygen atoms in total. The van der Waals surface area contributed by atoms with Crippen LogP contribution in [0.3, 0.4) is 0 Å². The molecule has 1 aromatic rings. The molecule has 1 fully saturated rings. The van der Waals surface area contributed by atoms with Crippen molar-refractivity contribution in [1.29, 1.82) is 5.26 Å². The number of halogens is 3. The fourth-order valence-corrected chi connectivity index (χ4v) is 3.45. The summed E-state index contributed by atoms with van der Waals surface area (Å²) in [6, 6.07) is 1.00. The van der Waals surface area contributed by atoms with E-state index in [2.05, 4.69) is 21.9 Å². The number of alkyl halides is 3. The molecule has 1 aromatic heterocycles. The van der Waals surface area contributed by atoms with Gasteiger partial charge in [-0.05, 0) is 12.8 Å². The van der Waals surface area contributed by atoms with E-state index in [0.29, 0.717) is 13.0 Å². The molecule has 0 saturated carbocycles. The smallest absolute Gasteiger partial charge is 0.347 e. The van der Waals surface area contributed by atoms with Crippen molar-refractivity contribution in [3.05, 3.63) is 11.6 Å². The van der Waals surface area contributed by atoms with E-state index in [1.165, 1.54) is 9.80 Å². The molecule has 0 aliphatic carbocycles. The highest BCUT2D eigenvalue weighted by Gasteiger charge is 2.38. The van der Waals surface area contributed by atoms with Crippen LogP contribution in [0.2, 0.25) is 0 Å². The number of carbonyl (C=O) groups is 2. The topological polar surface area (TPSA) is 123 Å². The number of fused-ring (bicyclic) bond motifs is 1. The molecule has 12 heteroatoms. The Kier molecular flexibility index (Phi) is 5.55. The van der Waals surface area contributed by atoms with E-state index < -0.39 is 24.1 Å². The van der Waals surface area contributed by atoms with Gasteiger partial charge in [-0.1, -0.05) is 0 Å². The highest BCUT2D eigenvalue weighted by atomic mass is 19.4. The van der Waals surface area contributed by atoms with E-state index in [4.69, 9.17) is 5.26 Å². The maximum Gasteiger partial charge on any atom is 0.453 e. The number of aromatic nitrogens is 3. The first-order valence-corrected chi connectivity index (χ1v) is 9.02. The third kappa shape index (κ3) is 4.09. The average Bonchev–Trinajstić information content (AvgIpc) is 3.30. The van der Waals surface area contributed by atoms with E-state index >= 15 is 0 Å². The predicted molar refractivity (Wildman–Crippen MR) is 86.7 cm³/mol. The summed E-state index contributed by atoms with van der Waals surface area (Å²) in [5.74, 6) is -1.64. The minimum Gasteiger partial charge on any atom is -0.347 e. The zero-order chi connectivity index (χ0) is 20.5. The number of carbonyl (C=O) groups excluding carboxylic acids is 2. The minimum absolute atomic E-state index is 0.0469. The summed E-state index contributed by atoms with van der Waals surface area (Å²) >= 11 is 0. The highest BCUT2D eigenvalue weighted by molar-refractivity contribution is 5.82. The second-order valence-corrected chi connectivity index (χ2v) is 6.94. The summed E-state index contributed by atoms with van der Waals surface area (Å²) in [5.41, 5.74) is 3.81. The lowest BCUT2D eigenvalue weighted by molar-refractivity contribution is -0.407. The van der Waals surface area contributed by atoms with Crippen molar-refractivity contribution < 1.29 is 28.5 Å². The van der Waals surface area contributed by atoms with E-state index in [0.717, 1.165) is 11.1 Å². The zero-order valence-electron chi connectivity index (χ0n) is 15.2. The second kappa shape index (κ2) is 7.75. The number of nitrogens with zero attached hydrogens (tertiary/aromatic N) is 6. The van der Waals surface area contributed by atoms with Crippen LogP contribution in [0.5, 0.6) is 0 Å². The van der Waals surface area contributed by atoms with Gasteiger partial charge in [0.1, 0.15) is 11.9 Å². The maximum absolute atomic E-state index is 12.7. The van der Waals surface area contributed by atoms with Crippen LogP contribution in [0.1, 0.15) is 37.3 Å². The Balaban J connectivity index is 1.53. The lowest BCUT2D eigenvalue weighted by Crippen LogP contribution is -2.68. The van der Waals surface area contributed by atoms with E-state index in [-0.39, 0.29) is 50.1 Å². The lowest BCUT2D eigenvalue weighted by atomic mass is 10.1. The summed E-state index contributed by atoms with van der Waals surface area (Å²) in [4.78, 5) is 31.2. The normalized spacial score (nSPS) is 20.6. The van der Waals surface area contributed by atoms with Crippen LogP contribution in [0, 0.1) is 11.3 Å². The molecular weight excluding hydrogens is 379 g/mol. The van der Waals surface area contributed by atoms with Crippen LogP contribution in [0.15, 0.2) is 0 Å². The number of amides is 2. The number of likely N-dealkylation sites (tertiary alicyclic amines) is 1. The van der Waals surface area contributed by atoms with Gasteiger partial charge in [0.15, 0.2) is 6.04 Å². The average molecular weight is 400 g/mol. The molecule has 152 valence electrons. The summed E-state index contributed by atoms with van der Waals surface area (Å²) in [5, 5.41) is 12.5. The first-order chi connectivity index (χ1) is 13.2. The van der Waals surface area contributed by atoms with Gasteiger partial charge in [0.25, 0.3) is 11.7 Å². The monoisotopic (exact) mass is 400 g/mol. The molecule has 3 rings (SSSR count). The molecule has 3 heterocycles. The van der Waals surface area contributed by atoms with Gasteiger partial charge in [-0.25, -0.2) is 9.67 Å². The third-order valence-electron chi connectivity index (χ3n) is 5.01. The molecule has 2 atom stereocenters. The zero-order valence-corrected chi connectivity index (χ0v) is 15.2.